The Bertz CT molecular complexity index is 367. The van der Waals surface area contributed by atoms with Crippen LogP contribution in [0.15, 0.2) is 30.3 Å². The highest BCUT2D eigenvalue weighted by Crippen LogP contribution is 2.18. The summed E-state index contributed by atoms with van der Waals surface area (Å²) in [5.41, 5.74) is 6.81. The fraction of sp³-hybridized carbons (Fsp3) is 0.417. The van der Waals surface area contributed by atoms with Crippen molar-refractivity contribution in [2.24, 2.45) is 11.7 Å². The zero-order valence-electron chi connectivity index (χ0n) is 9.04. The predicted octanol–water partition coefficient (Wildman–Crippen LogP) is -0.0354. The first-order chi connectivity index (χ1) is 7.72. The Kier molecular flexibility index (Phi) is 3.22. The number of nitrogens with zero attached hydrogens (tertiary/aromatic N) is 1. The Morgan fingerprint density at radius 3 is 2.62 bits per heavy atom. The van der Waals surface area contributed by atoms with Gasteiger partial charge in [0.2, 0.25) is 5.91 Å². The normalized spacial score (nSPS) is 25.1. The zero-order chi connectivity index (χ0) is 11.5. The van der Waals surface area contributed by atoms with Gasteiger partial charge in [0.05, 0.1) is 6.04 Å². The van der Waals surface area contributed by atoms with Crippen LogP contribution < -0.4 is 5.73 Å². The van der Waals surface area contributed by atoms with Crippen LogP contribution in [0, 0.1) is 5.92 Å². The number of rotatable bonds is 3. The number of aliphatic hydroxyl groups is 1. The Hall–Kier alpha value is -1.39. The first kappa shape index (κ1) is 11.1. The maximum absolute atomic E-state index is 11.8. The standard InChI is InChI=1S/C12H16N2O2/c13-11-10(8-15)7-14(12(11)16)6-9-4-2-1-3-5-9/h1-5,10-11,15H,6-8,13H2. The summed E-state index contributed by atoms with van der Waals surface area (Å²) >= 11 is 0. The Labute approximate surface area is 94.7 Å². The highest BCUT2D eigenvalue weighted by Gasteiger charge is 2.36. The highest BCUT2D eigenvalue weighted by atomic mass is 16.3. The number of hydrogen-bond acceptors (Lipinski definition) is 3. The molecule has 1 amide bonds. The first-order valence-electron chi connectivity index (χ1n) is 5.41. The van der Waals surface area contributed by atoms with Gasteiger partial charge in [-0.1, -0.05) is 30.3 Å². The van der Waals surface area contributed by atoms with Crippen LogP contribution in [-0.2, 0) is 11.3 Å². The van der Waals surface area contributed by atoms with E-state index in [1.165, 1.54) is 0 Å². The topological polar surface area (TPSA) is 66.6 Å². The van der Waals surface area contributed by atoms with E-state index < -0.39 is 6.04 Å². The van der Waals surface area contributed by atoms with Gasteiger partial charge < -0.3 is 15.7 Å². The molecule has 0 radical (unpaired) electrons. The molecule has 4 nitrogen and oxygen atoms in total. The van der Waals surface area contributed by atoms with Crippen molar-refractivity contribution in [3.8, 4) is 0 Å². The molecule has 1 fully saturated rings. The molecule has 0 aromatic heterocycles. The van der Waals surface area contributed by atoms with Crippen LogP contribution in [0.4, 0.5) is 0 Å². The summed E-state index contributed by atoms with van der Waals surface area (Å²) < 4.78 is 0. The van der Waals surface area contributed by atoms with Gasteiger partial charge in [0.1, 0.15) is 0 Å². The Morgan fingerprint density at radius 2 is 2.06 bits per heavy atom. The van der Waals surface area contributed by atoms with Crippen molar-refractivity contribution < 1.29 is 9.90 Å². The average molecular weight is 220 g/mol. The Balaban J connectivity index is 2.04. The van der Waals surface area contributed by atoms with Gasteiger partial charge in [0, 0.05) is 25.6 Å². The molecule has 1 saturated heterocycles. The zero-order valence-corrected chi connectivity index (χ0v) is 9.04. The second-order valence-electron chi connectivity index (χ2n) is 4.17. The number of likely N-dealkylation sites (tertiary alicyclic amines) is 1. The molecule has 1 aliphatic rings. The molecule has 4 heteroatoms. The van der Waals surface area contributed by atoms with E-state index in [2.05, 4.69) is 0 Å². The first-order valence-corrected chi connectivity index (χ1v) is 5.41. The molecule has 1 aliphatic heterocycles. The number of benzene rings is 1. The van der Waals surface area contributed by atoms with Gasteiger partial charge in [-0.3, -0.25) is 4.79 Å². The molecular formula is C12H16N2O2. The van der Waals surface area contributed by atoms with Gasteiger partial charge in [-0.25, -0.2) is 0 Å². The lowest BCUT2D eigenvalue weighted by atomic mass is 10.1. The molecule has 1 aromatic carbocycles. The van der Waals surface area contributed by atoms with Crippen LogP contribution in [0.5, 0.6) is 0 Å². The smallest absolute Gasteiger partial charge is 0.240 e. The van der Waals surface area contributed by atoms with Crippen molar-refractivity contribution >= 4 is 5.91 Å². The predicted molar refractivity (Wildman–Crippen MR) is 60.4 cm³/mol. The van der Waals surface area contributed by atoms with Crippen LogP contribution >= 0.6 is 0 Å². The summed E-state index contributed by atoms with van der Waals surface area (Å²) in [7, 11) is 0. The third-order valence-corrected chi connectivity index (χ3v) is 3.01. The number of aliphatic hydroxyl groups excluding tert-OH is 1. The highest BCUT2D eigenvalue weighted by molar-refractivity contribution is 5.84. The molecule has 0 saturated carbocycles. The molecule has 16 heavy (non-hydrogen) atoms. The summed E-state index contributed by atoms with van der Waals surface area (Å²) in [6.45, 7) is 1.09. The van der Waals surface area contributed by atoms with Crippen LogP contribution in [0.25, 0.3) is 0 Å². The lowest BCUT2D eigenvalue weighted by molar-refractivity contribution is -0.129. The maximum Gasteiger partial charge on any atom is 0.240 e. The minimum Gasteiger partial charge on any atom is -0.396 e. The molecule has 1 aromatic rings. The second kappa shape index (κ2) is 4.63. The van der Waals surface area contributed by atoms with E-state index >= 15 is 0 Å². The summed E-state index contributed by atoms with van der Waals surface area (Å²) in [6, 6.07) is 9.24. The van der Waals surface area contributed by atoms with E-state index in [1.807, 2.05) is 30.3 Å². The lowest BCUT2D eigenvalue weighted by Gasteiger charge is -2.15. The molecular weight excluding hydrogens is 204 g/mol. The van der Waals surface area contributed by atoms with Crippen molar-refractivity contribution in [2.45, 2.75) is 12.6 Å². The van der Waals surface area contributed by atoms with Crippen LogP contribution in [0.2, 0.25) is 0 Å². The van der Waals surface area contributed by atoms with Crippen molar-refractivity contribution in [1.29, 1.82) is 0 Å². The monoisotopic (exact) mass is 220 g/mol. The summed E-state index contributed by atoms with van der Waals surface area (Å²) in [5, 5.41) is 9.08. The summed E-state index contributed by atoms with van der Waals surface area (Å²) in [5.74, 6) is -0.195. The van der Waals surface area contributed by atoms with Crippen LogP contribution in [0.3, 0.4) is 0 Å². The molecule has 0 aliphatic carbocycles. The van der Waals surface area contributed by atoms with E-state index in [-0.39, 0.29) is 18.4 Å². The largest absolute Gasteiger partial charge is 0.396 e. The second-order valence-corrected chi connectivity index (χ2v) is 4.17. The van der Waals surface area contributed by atoms with Gasteiger partial charge in [-0.05, 0) is 5.56 Å². The lowest BCUT2D eigenvalue weighted by Crippen LogP contribution is -2.36. The van der Waals surface area contributed by atoms with Gasteiger partial charge in [0.15, 0.2) is 0 Å². The van der Waals surface area contributed by atoms with Crippen LogP contribution in [-0.4, -0.2) is 35.1 Å². The fourth-order valence-corrected chi connectivity index (χ4v) is 2.02. The summed E-state index contributed by atoms with van der Waals surface area (Å²) in [6.07, 6.45) is 0. The number of carbonyl (C=O) groups is 1. The third kappa shape index (κ3) is 2.08. The minimum absolute atomic E-state index is 0.0296. The number of nitrogens with two attached hydrogens (primary N) is 1. The molecule has 86 valence electrons. The molecule has 2 unspecified atom stereocenters. The van der Waals surface area contributed by atoms with Crippen molar-refractivity contribution in [1.82, 2.24) is 4.90 Å². The van der Waals surface area contributed by atoms with Gasteiger partial charge >= 0.3 is 0 Å². The van der Waals surface area contributed by atoms with Gasteiger partial charge in [-0.15, -0.1) is 0 Å². The van der Waals surface area contributed by atoms with E-state index in [9.17, 15) is 4.79 Å². The van der Waals surface area contributed by atoms with Gasteiger partial charge in [-0.2, -0.15) is 0 Å². The molecule has 3 N–H and O–H groups in total. The number of amides is 1. The van der Waals surface area contributed by atoms with Crippen LogP contribution in [0.1, 0.15) is 5.56 Å². The number of hydrogen-bond donors (Lipinski definition) is 2. The van der Waals surface area contributed by atoms with Gasteiger partial charge in [0.25, 0.3) is 0 Å². The molecule has 1 heterocycles. The van der Waals surface area contributed by atoms with Crippen molar-refractivity contribution in [3.05, 3.63) is 35.9 Å². The van der Waals surface area contributed by atoms with Crippen molar-refractivity contribution in [2.75, 3.05) is 13.2 Å². The maximum atomic E-state index is 11.8. The average Bonchev–Trinajstić information content (AvgIpc) is 2.58. The molecule has 0 bridgehead atoms. The van der Waals surface area contributed by atoms with E-state index in [1.54, 1.807) is 4.90 Å². The van der Waals surface area contributed by atoms with E-state index in [0.29, 0.717) is 13.1 Å². The molecule has 0 spiro atoms. The van der Waals surface area contributed by atoms with Crippen molar-refractivity contribution in [3.63, 3.8) is 0 Å². The summed E-state index contributed by atoms with van der Waals surface area (Å²) in [4.78, 5) is 13.5. The molecule has 2 atom stereocenters. The third-order valence-electron chi connectivity index (χ3n) is 3.01. The quantitative estimate of drug-likeness (QED) is 0.751. The van der Waals surface area contributed by atoms with E-state index in [0.717, 1.165) is 5.56 Å². The minimum atomic E-state index is -0.547. The Morgan fingerprint density at radius 1 is 1.38 bits per heavy atom. The fourth-order valence-electron chi connectivity index (χ4n) is 2.02. The van der Waals surface area contributed by atoms with E-state index in [4.69, 9.17) is 10.8 Å². The molecule has 2 rings (SSSR count). The SMILES string of the molecule is NC1C(=O)N(Cc2ccccc2)CC1CO. The number of carbonyl (C=O) groups excluding carboxylic acids is 1.